The average molecular weight is 218 g/mol. The third-order valence-corrected chi connectivity index (χ3v) is 2.01. The lowest BCUT2D eigenvalue weighted by atomic mass is 10.0. The number of hydrogen-bond acceptors (Lipinski definition) is 4. The van der Waals surface area contributed by atoms with Crippen molar-refractivity contribution < 1.29 is 19.7 Å². The van der Waals surface area contributed by atoms with Crippen LogP contribution in [0.5, 0.6) is 0 Å². The summed E-state index contributed by atoms with van der Waals surface area (Å²) in [6, 6.07) is 0. The molecule has 0 aromatic heterocycles. The summed E-state index contributed by atoms with van der Waals surface area (Å²) in [5.74, 6) is 0. The van der Waals surface area contributed by atoms with E-state index in [0.717, 1.165) is 0 Å². The normalized spacial score (nSPS) is 15.3. The van der Waals surface area contributed by atoms with Gasteiger partial charge in [0.15, 0.2) is 6.29 Å². The van der Waals surface area contributed by atoms with Crippen LogP contribution in [0.15, 0.2) is 12.2 Å². The molecule has 0 unspecified atom stereocenters. The van der Waals surface area contributed by atoms with Crippen molar-refractivity contribution in [2.24, 2.45) is 0 Å². The third-order valence-electron chi connectivity index (χ3n) is 2.01. The van der Waals surface area contributed by atoms with Crippen molar-refractivity contribution in [2.45, 2.75) is 45.7 Å². The molecule has 0 aliphatic heterocycles. The molecule has 0 saturated heterocycles. The molecule has 0 aliphatic carbocycles. The standard InChI is InChI=1S/C11H22O4/c1-5-14-10(15-6-2)7-8(3)11(13)9(4)12/h9-13H,3,5-7H2,1-2,4H3/t9-,11+/m0/s1. The molecule has 0 bridgehead atoms. The van der Waals surface area contributed by atoms with E-state index in [-0.39, 0.29) is 6.29 Å². The van der Waals surface area contributed by atoms with Crippen molar-refractivity contribution in [1.82, 2.24) is 0 Å². The van der Waals surface area contributed by atoms with E-state index in [1.165, 1.54) is 6.92 Å². The third kappa shape index (κ3) is 5.89. The van der Waals surface area contributed by atoms with E-state index >= 15 is 0 Å². The molecule has 0 amide bonds. The summed E-state index contributed by atoms with van der Waals surface area (Å²) in [4.78, 5) is 0. The van der Waals surface area contributed by atoms with Gasteiger partial charge in [0.25, 0.3) is 0 Å². The van der Waals surface area contributed by atoms with E-state index < -0.39 is 12.2 Å². The Balaban J connectivity index is 4.09. The summed E-state index contributed by atoms with van der Waals surface area (Å²) in [5.41, 5.74) is 0.525. The summed E-state index contributed by atoms with van der Waals surface area (Å²) in [6.45, 7) is 10.1. The van der Waals surface area contributed by atoms with Gasteiger partial charge in [-0.2, -0.15) is 0 Å². The van der Waals surface area contributed by atoms with Crippen LogP contribution in [0, 0.1) is 0 Å². The maximum atomic E-state index is 9.52. The van der Waals surface area contributed by atoms with Gasteiger partial charge in [-0.15, -0.1) is 0 Å². The molecular formula is C11H22O4. The van der Waals surface area contributed by atoms with E-state index in [9.17, 15) is 10.2 Å². The monoisotopic (exact) mass is 218 g/mol. The summed E-state index contributed by atoms with van der Waals surface area (Å²) in [6.07, 6.45) is -1.73. The van der Waals surface area contributed by atoms with Gasteiger partial charge < -0.3 is 19.7 Å². The molecule has 15 heavy (non-hydrogen) atoms. The Kier molecular flexibility index (Phi) is 7.60. The maximum Gasteiger partial charge on any atom is 0.161 e. The van der Waals surface area contributed by atoms with E-state index in [0.29, 0.717) is 25.2 Å². The highest BCUT2D eigenvalue weighted by Gasteiger charge is 2.19. The van der Waals surface area contributed by atoms with E-state index in [1.807, 2.05) is 13.8 Å². The maximum absolute atomic E-state index is 9.52. The largest absolute Gasteiger partial charge is 0.390 e. The fraction of sp³-hybridized carbons (Fsp3) is 0.818. The number of aliphatic hydroxyl groups is 2. The second kappa shape index (κ2) is 7.82. The Bertz CT molecular complexity index is 173. The fourth-order valence-corrected chi connectivity index (χ4v) is 1.21. The molecule has 0 aliphatic rings. The van der Waals surface area contributed by atoms with Crippen LogP contribution in [-0.4, -0.2) is 41.9 Å². The molecule has 0 rings (SSSR count). The Morgan fingerprint density at radius 2 is 1.67 bits per heavy atom. The number of aliphatic hydroxyl groups excluding tert-OH is 2. The van der Waals surface area contributed by atoms with Gasteiger partial charge in [0.1, 0.15) is 6.10 Å². The van der Waals surface area contributed by atoms with E-state index in [4.69, 9.17) is 9.47 Å². The van der Waals surface area contributed by atoms with Crippen molar-refractivity contribution in [3.05, 3.63) is 12.2 Å². The molecule has 0 fully saturated rings. The van der Waals surface area contributed by atoms with Gasteiger partial charge in [-0.1, -0.05) is 6.58 Å². The van der Waals surface area contributed by atoms with Crippen molar-refractivity contribution in [3.63, 3.8) is 0 Å². The zero-order valence-electron chi connectivity index (χ0n) is 9.77. The second-order valence-corrected chi connectivity index (χ2v) is 3.39. The van der Waals surface area contributed by atoms with Gasteiger partial charge >= 0.3 is 0 Å². The molecule has 0 saturated carbocycles. The molecule has 4 heteroatoms. The summed E-state index contributed by atoms with van der Waals surface area (Å²) in [5, 5.41) is 18.7. The van der Waals surface area contributed by atoms with Gasteiger partial charge in [0.2, 0.25) is 0 Å². The van der Waals surface area contributed by atoms with Crippen LogP contribution in [0.25, 0.3) is 0 Å². The Morgan fingerprint density at radius 3 is 2.00 bits per heavy atom. The topological polar surface area (TPSA) is 58.9 Å². The molecule has 90 valence electrons. The second-order valence-electron chi connectivity index (χ2n) is 3.39. The molecule has 0 aromatic rings. The minimum Gasteiger partial charge on any atom is -0.390 e. The quantitative estimate of drug-likeness (QED) is 0.472. The lowest BCUT2D eigenvalue weighted by molar-refractivity contribution is -0.136. The number of ether oxygens (including phenoxy) is 2. The van der Waals surface area contributed by atoms with Crippen LogP contribution in [-0.2, 0) is 9.47 Å². The first-order valence-electron chi connectivity index (χ1n) is 5.29. The Morgan fingerprint density at radius 1 is 1.20 bits per heavy atom. The fourth-order valence-electron chi connectivity index (χ4n) is 1.21. The average Bonchev–Trinajstić information content (AvgIpc) is 2.17. The van der Waals surface area contributed by atoms with Crippen molar-refractivity contribution in [3.8, 4) is 0 Å². The van der Waals surface area contributed by atoms with Crippen LogP contribution in [0.3, 0.4) is 0 Å². The first kappa shape index (κ1) is 14.6. The first-order chi connectivity index (χ1) is 7.02. The van der Waals surface area contributed by atoms with Crippen LogP contribution in [0.1, 0.15) is 27.2 Å². The summed E-state index contributed by atoms with van der Waals surface area (Å²) in [7, 11) is 0. The highest BCUT2D eigenvalue weighted by molar-refractivity contribution is 5.04. The molecule has 0 spiro atoms. The Hall–Kier alpha value is -0.420. The lowest BCUT2D eigenvalue weighted by Gasteiger charge is -2.22. The van der Waals surface area contributed by atoms with E-state index in [1.54, 1.807) is 0 Å². The van der Waals surface area contributed by atoms with Crippen LogP contribution in [0.2, 0.25) is 0 Å². The minimum atomic E-state index is -0.923. The van der Waals surface area contributed by atoms with Gasteiger partial charge in [-0.05, 0) is 26.3 Å². The molecule has 0 heterocycles. The van der Waals surface area contributed by atoms with Gasteiger partial charge in [0, 0.05) is 19.6 Å². The van der Waals surface area contributed by atoms with Gasteiger partial charge in [-0.3, -0.25) is 0 Å². The van der Waals surface area contributed by atoms with Gasteiger partial charge in [0.05, 0.1) is 6.10 Å². The predicted octanol–water partition coefficient (Wildman–Crippen LogP) is 1.07. The van der Waals surface area contributed by atoms with Crippen molar-refractivity contribution in [2.75, 3.05) is 13.2 Å². The molecule has 0 aromatic carbocycles. The van der Waals surface area contributed by atoms with Crippen LogP contribution >= 0.6 is 0 Å². The smallest absolute Gasteiger partial charge is 0.161 e. The minimum absolute atomic E-state index is 0.388. The highest BCUT2D eigenvalue weighted by atomic mass is 16.7. The van der Waals surface area contributed by atoms with Gasteiger partial charge in [-0.25, -0.2) is 0 Å². The zero-order chi connectivity index (χ0) is 11.8. The number of hydrogen-bond donors (Lipinski definition) is 2. The molecule has 2 atom stereocenters. The highest BCUT2D eigenvalue weighted by Crippen LogP contribution is 2.14. The molecule has 0 radical (unpaired) electrons. The zero-order valence-corrected chi connectivity index (χ0v) is 9.77. The summed E-state index contributed by atoms with van der Waals surface area (Å²) < 4.78 is 10.6. The van der Waals surface area contributed by atoms with E-state index in [2.05, 4.69) is 6.58 Å². The van der Waals surface area contributed by atoms with Crippen molar-refractivity contribution >= 4 is 0 Å². The SMILES string of the molecule is C=C(CC(OCC)OCC)[C@@H](O)[C@H](C)O. The Labute approximate surface area is 91.5 Å². The molecule has 4 nitrogen and oxygen atoms in total. The predicted molar refractivity (Wildman–Crippen MR) is 58.5 cm³/mol. The number of rotatable bonds is 8. The van der Waals surface area contributed by atoms with Crippen LogP contribution in [0.4, 0.5) is 0 Å². The molecular weight excluding hydrogens is 196 g/mol. The lowest BCUT2D eigenvalue weighted by Crippen LogP contribution is -2.28. The molecule has 2 N–H and O–H groups in total. The summed E-state index contributed by atoms with van der Waals surface area (Å²) >= 11 is 0. The van der Waals surface area contributed by atoms with Crippen LogP contribution < -0.4 is 0 Å². The van der Waals surface area contributed by atoms with Crippen molar-refractivity contribution in [1.29, 1.82) is 0 Å². The first-order valence-corrected chi connectivity index (χ1v) is 5.29.